The van der Waals surface area contributed by atoms with Crippen LogP contribution in [0, 0.1) is 0 Å². The zero-order chi connectivity index (χ0) is 18.5. The first-order valence-corrected chi connectivity index (χ1v) is 8.84. The SMILES string of the molecule is O=C(c1ccc(-c2cncnc2)nc1)N1CCCN(c2ncccn2)CC1. The molecular formula is C19H19N7O. The van der Waals surface area contributed by atoms with Crippen LogP contribution >= 0.6 is 0 Å². The minimum absolute atomic E-state index is 0.00538. The van der Waals surface area contributed by atoms with Gasteiger partial charge >= 0.3 is 0 Å². The van der Waals surface area contributed by atoms with Gasteiger partial charge in [0.1, 0.15) is 6.33 Å². The Morgan fingerprint density at radius 1 is 0.889 bits per heavy atom. The molecule has 0 bridgehead atoms. The number of nitrogens with zero attached hydrogens (tertiary/aromatic N) is 7. The van der Waals surface area contributed by atoms with Crippen LogP contribution in [0.5, 0.6) is 0 Å². The van der Waals surface area contributed by atoms with Crippen LogP contribution in [-0.4, -0.2) is 61.9 Å². The van der Waals surface area contributed by atoms with Crippen molar-refractivity contribution in [1.82, 2.24) is 29.8 Å². The lowest BCUT2D eigenvalue weighted by Gasteiger charge is -2.22. The Labute approximate surface area is 157 Å². The van der Waals surface area contributed by atoms with Crippen molar-refractivity contribution in [2.75, 3.05) is 31.1 Å². The summed E-state index contributed by atoms with van der Waals surface area (Å²) in [5.74, 6) is 0.706. The third-order valence-corrected chi connectivity index (χ3v) is 4.48. The van der Waals surface area contributed by atoms with E-state index in [-0.39, 0.29) is 5.91 Å². The van der Waals surface area contributed by atoms with Gasteiger partial charge < -0.3 is 9.80 Å². The topological polar surface area (TPSA) is 88.0 Å². The summed E-state index contributed by atoms with van der Waals surface area (Å²) in [5.41, 5.74) is 2.15. The maximum Gasteiger partial charge on any atom is 0.255 e. The van der Waals surface area contributed by atoms with Crippen LogP contribution in [0.15, 0.2) is 55.5 Å². The third-order valence-electron chi connectivity index (χ3n) is 4.48. The van der Waals surface area contributed by atoms with Gasteiger partial charge in [-0.05, 0) is 24.6 Å². The Hall–Kier alpha value is -3.42. The van der Waals surface area contributed by atoms with Gasteiger partial charge in [-0.2, -0.15) is 0 Å². The molecule has 0 saturated carbocycles. The van der Waals surface area contributed by atoms with E-state index in [0.717, 1.165) is 24.2 Å². The average Bonchev–Trinajstić information content (AvgIpc) is 3.01. The van der Waals surface area contributed by atoms with Crippen molar-refractivity contribution < 1.29 is 4.79 Å². The molecule has 1 amide bonds. The van der Waals surface area contributed by atoms with Crippen molar-refractivity contribution in [2.45, 2.75) is 6.42 Å². The van der Waals surface area contributed by atoms with Gasteiger partial charge in [0.15, 0.2) is 0 Å². The van der Waals surface area contributed by atoms with Gasteiger partial charge in [0.05, 0.1) is 11.3 Å². The van der Waals surface area contributed by atoms with Gasteiger partial charge in [0, 0.05) is 62.7 Å². The van der Waals surface area contributed by atoms with Crippen LogP contribution in [0.3, 0.4) is 0 Å². The molecule has 0 spiro atoms. The average molecular weight is 361 g/mol. The maximum absolute atomic E-state index is 12.9. The lowest BCUT2D eigenvalue weighted by Crippen LogP contribution is -2.35. The number of hydrogen-bond donors (Lipinski definition) is 0. The van der Waals surface area contributed by atoms with Crippen LogP contribution in [0.2, 0.25) is 0 Å². The number of amides is 1. The summed E-state index contributed by atoms with van der Waals surface area (Å²) in [4.78, 5) is 37.8. The highest BCUT2D eigenvalue weighted by Crippen LogP contribution is 2.16. The molecule has 0 aliphatic carbocycles. The smallest absolute Gasteiger partial charge is 0.255 e. The molecule has 0 radical (unpaired) electrons. The summed E-state index contributed by atoms with van der Waals surface area (Å²) in [6.45, 7) is 2.88. The largest absolute Gasteiger partial charge is 0.339 e. The molecule has 0 aromatic carbocycles. The van der Waals surface area contributed by atoms with Crippen LogP contribution in [0.25, 0.3) is 11.3 Å². The van der Waals surface area contributed by atoms with Gasteiger partial charge in [-0.25, -0.2) is 19.9 Å². The van der Waals surface area contributed by atoms with Gasteiger partial charge in [-0.1, -0.05) is 0 Å². The summed E-state index contributed by atoms with van der Waals surface area (Å²) in [5, 5.41) is 0. The van der Waals surface area contributed by atoms with Crippen molar-refractivity contribution in [1.29, 1.82) is 0 Å². The summed E-state index contributed by atoms with van der Waals surface area (Å²) in [6.07, 6.45) is 10.8. The molecular weight excluding hydrogens is 342 g/mol. The number of carbonyl (C=O) groups excluding carboxylic acids is 1. The van der Waals surface area contributed by atoms with Crippen molar-refractivity contribution in [3.63, 3.8) is 0 Å². The normalized spacial score (nSPS) is 14.7. The summed E-state index contributed by atoms with van der Waals surface area (Å²) in [7, 11) is 0. The molecule has 1 aliphatic rings. The van der Waals surface area contributed by atoms with E-state index in [2.05, 4.69) is 29.8 Å². The number of carbonyl (C=O) groups is 1. The molecule has 8 nitrogen and oxygen atoms in total. The van der Waals surface area contributed by atoms with Gasteiger partial charge in [-0.3, -0.25) is 9.78 Å². The second-order valence-electron chi connectivity index (χ2n) is 6.24. The van der Waals surface area contributed by atoms with E-state index in [1.165, 1.54) is 6.33 Å². The van der Waals surface area contributed by atoms with E-state index in [4.69, 9.17) is 0 Å². The number of rotatable bonds is 3. The molecule has 4 rings (SSSR count). The standard InChI is InChI=1S/C19H19N7O/c27-18(15-3-4-17(24-13-15)16-11-20-14-21-12-16)25-7-2-8-26(10-9-25)19-22-5-1-6-23-19/h1,3-6,11-14H,2,7-10H2. The van der Waals surface area contributed by atoms with Crippen LogP contribution < -0.4 is 4.90 Å². The second kappa shape index (κ2) is 7.86. The molecule has 0 N–H and O–H groups in total. The highest BCUT2D eigenvalue weighted by molar-refractivity contribution is 5.94. The summed E-state index contributed by atoms with van der Waals surface area (Å²) < 4.78 is 0. The molecule has 3 aromatic rings. The Bertz CT molecular complexity index is 887. The molecule has 0 atom stereocenters. The van der Waals surface area contributed by atoms with E-state index in [1.54, 1.807) is 43.1 Å². The van der Waals surface area contributed by atoms with Gasteiger partial charge in [0.25, 0.3) is 5.91 Å². The molecule has 8 heteroatoms. The maximum atomic E-state index is 12.9. The third kappa shape index (κ3) is 3.89. The van der Waals surface area contributed by atoms with Gasteiger partial charge in [-0.15, -0.1) is 0 Å². The van der Waals surface area contributed by atoms with Crippen molar-refractivity contribution in [3.05, 3.63) is 61.1 Å². The molecule has 136 valence electrons. The minimum atomic E-state index is -0.00538. The lowest BCUT2D eigenvalue weighted by atomic mass is 10.1. The number of aromatic nitrogens is 5. The molecule has 1 aliphatic heterocycles. The van der Waals surface area contributed by atoms with E-state index in [0.29, 0.717) is 31.1 Å². The molecule has 1 saturated heterocycles. The number of anilines is 1. The van der Waals surface area contributed by atoms with Crippen LogP contribution in [-0.2, 0) is 0 Å². The monoisotopic (exact) mass is 361 g/mol. The van der Waals surface area contributed by atoms with Crippen LogP contribution in [0.1, 0.15) is 16.8 Å². The van der Waals surface area contributed by atoms with Crippen LogP contribution in [0.4, 0.5) is 5.95 Å². The predicted octanol–water partition coefficient (Wildman–Crippen LogP) is 1.68. The highest BCUT2D eigenvalue weighted by atomic mass is 16.2. The second-order valence-corrected chi connectivity index (χ2v) is 6.24. The fourth-order valence-electron chi connectivity index (χ4n) is 3.08. The van der Waals surface area contributed by atoms with Crippen molar-refractivity contribution in [2.24, 2.45) is 0 Å². The Morgan fingerprint density at radius 2 is 1.70 bits per heavy atom. The van der Waals surface area contributed by atoms with Crippen molar-refractivity contribution in [3.8, 4) is 11.3 Å². The fourth-order valence-corrected chi connectivity index (χ4v) is 3.08. The van der Waals surface area contributed by atoms with E-state index < -0.39 is 0 Å². The summed E-state index contributed by atoms with van der Waals surface area (Å²) in [6, 6.07) is 5.43. The van der Waals surface area contributed by atoms with E-state index >= 15 is 0 Å². The zero-order valence-electron chi connectivity index (χ0n) is 14.8. The molecule has 1 fully saturated rings. The molecule has 0 unspecified atom stereocenters. The first kappa shape index (κ1) is 17.0. The zero-order valence-corrected chi connectivity index (χ0v) is 14.8. The molecule has 3 aromatic heterocycles. The molecule has 27 heavy (non-hydrogen) atoms. The summed E-state index contributed by atoms with van der Waals surface area (Å²) >= 11 is 0. The van der Waals surface area contributed by atoms with Gasteiger partial charge in [0.2, 0.25) is 5.95 Å². The Kier molecular flexibility index (Phi) is 4.95. The molecule has 4 heterocycles. The number of pyridine rings is 1. The minimum Gasteiger partial charge on any atom is -0.339 e. The lowest BCUT2D eigenvalue weighted by molar-refractivity contribution is 0.0766. The first-order chi connectivity index (χ1) is 13.3. The fraction of sp³-hybridized carbons (Fsp3) is 0.263. The quantitative estimate of drug-likeness (QED) is 0.701. The number of hydrogen-bond acceptors (Lipinski definition) is 7. The van der Waals surface area contributed by atoms with E-state index in [9.17, 15) is 4.79 Å². The first-order valence-electron chi connectivity index (χ1n) is 8.84. The Morgan fingerprint density at radius 3 is 2.44 bits per heavy atom. The highest BCUT2D eigenvalue weighted by Gasteiger charge is 2.21. The Balaban J connectivity index is 1.43. The van der Waals surface area contributed by atoms with Crippen molar-refractivity contribution >= 4 is 11.9 Å². The predicted molar refractivity (Wildman–Crippen MR) is 100 cm³/mol. The van der Waals surface area contributed by atoms with E-state index in [1.807, 2.05) is 11.0 Å².